The summed E-state index contributed by atoms with van der Waals surface area (Å²) in [5, 5.41) is 3.28. The van der Waals surface area contributed by atoms with Gasteiger partial charge in [0.1, 0.15) is 4.88 Å². The van der Waals surface area contributed by atoms with Gasteiger partial charge in [-0.3, -0.25) is 9.78 Å². The van der Waals surface area contributed by atoms with Crippen LogP contribution in [0.25, 0.3) is 0 Å². The second-order valence-corrected chi connectivity index (χ2v) is 4.49. The first-order valence-corrected chi connectivity index (χ1v) is 6.11. The molecule has 0 saturated carbocycles. The third-order valence-corrected chi connectivity index (χ3v) is 3.48. The first-order valence-electron chi connectivity index (χ1n) is 5.23. The van der Waals surface area contributed by atoms with Gasteiger partial charge in [0.15, 0.2) is 0 Å². The van der Waals surface area contributed by atoms with Gasteiger partial charge in [0.05, 0.1) is 11.7 Å². The normalized spacial score (nSPS) is 20.5. The third kappa shape index (κ3) is 2.18. The molecule has 1 amide bonds. The Labute approximate surface area is 93.3 Å². The van der Waals surface area contributed by atoms with Crippen molar-refractivity contribution in [2.75, 3.05) is 19.6 Å². The molecule has 2 heterocycles. The standard InChI is InChI=1S/C10H15N3OS/c1-2-13(8-3-4-11-5-8)10(14)9-6-12-7-15-9/h6-8,11H,2-5H2,1H3. The van der Waals surface area contributed by atoms with Crippen molar-refractivity contribution >= 4 is 17.2 Å². The Bertz CT molecular complexity index is 319. The highest BCUT2D eigenvalue weighted by molar-refractivity contribution is 7.11. The Hall–Kier alpha value is -0.940. The van der Waals surface area contributed by atoms with Gasteiger partial charge in [0.25, 0.3) is 5.91 Å². The molecule has 0 spiro atoms. The summed E-state index contributed by atoms with van der Waals surface area (Å²) in [6.45, 7) is 4.72. The maximum absolute atomic E-state index is 12.1. The van der Waals surface area contributed by atoms with E-state index in [1.54, 1.807) is 11.7 Å². The minimum absolute atomic E-state index is 0.119. The molecule has 1 fully saturated rings. The highest BCUT2D eigenvalue weighted by Crippen LogP contribution is 2.15. The summed E-state index contributed by atoms with van der Waals surface area (Å²) in [5.74, 6) is 0.119. The van der Waals surface area contributed by atoms with E-state index in [0.717, 1.165) is 30.9 Å². The lowest BCUT2D eigenvalue weighted by Crippen LogP contribution is -2.41. The number of nitrogens with zero attached hydrogens (tertiary/aromatic N) is 2. The van der Waals surface area contributed by atoms with Crippen LogP contribution in [0, 0.1) is 0 Å². The lowest BCUT2D eigenvalue weighted by Gasteiger charge is -2.26. The van der Waals surface area contributed by atoms with E-state index >= 15 is 0 Å². The van der Waals surface area contributed by atoms with Crippen LogP contribution >= 0.6 is 11.3 Å². The Balaban J connectivity index is 2.09. The monoisotopic (exact) mass is 225 g/mol. The summed E-state index contributed by atoms with van der Waals surface area (Å²) in [6, 6.07) is 0.351. The SMILES string of the molecule is CCN(C(=O)c1cncs1)C1CCNC1. The minimum atomic E-state index is 0.119. The minimum Gasteiger partial charge on any atom is -0.334 e. The lowest BCUT2D eigenvalue weighted by atomic mass is 10.2. The fraction of sp³-hybridized carbons (Fsp3) is 0.600. The zero-order chi connectivity index (χ0) is 10.7. The van der Waals surface area contributed by atoms with Crippen molar-refractivity contribution in [3.63, 3.8) is 0 Å². The van der Waals surface area contributed by atoms with Crippen LogP contribution in [0.3, 0.4) is 0 Å². The molecule has 0 aromatic carbocycles. The molecule has 1 saturated heterocycles. The van der Waals surface area contributed by atoms with Crippen LogP contribution in [0.2, 0.25) is 0 Å². The molecule has 1 atom stereocenters. The lowest BCUT2D eigenvalue weighted by molar-refractivity contribution is 0.0708. The van der Waals surface area contributed by atoms with Crippen LogP contribution in [-0.4, -0.2) is 41.5 Å². The summed E-state index contributed by atoms with van der Waals surface area (Å²) >= 11 is 1.41. The molecule has 15 heavy (non-hydrogen) atoms. The molecular formula is C10H15N3OS. The number of aromatic nitrogens is 1. The quantitative estimate of drug-likeness (QED) is 0.833. The van der Waals surface area contributed by atoms with Crippen molar-refractivity contribution in [3.05, 3.63) is 16.6 Å². The molecule has 1 aromatic rings. The van der Waals surface area contributed by atoms with Gasteiger partial charge < -0.3 is 10.2 Å². The maximum Gasteiger partial charge on any atom is 0.265 e. The summed E-state index contributed by atoms with van der Waals surface area (Å²) < 4.78 is 0. The van der Waals surface area contributed by atoms with Crippen molar-refractivity contribution in [1.82, 2.24) is 15.2 Å². The number of carbonyl (C=O) groups is 1. The molecule has 1 aromatic heterocycles. The number of likely N-dealkylation sites (N-methyl/N-ethyl adjacent to an activating group) is 1. The molecule has 1 N–H and O–H groups in total. The second kappa shape index (κ2) is 4.72. The highest BCUT2D eigenvalue weighted by atomic mass is 32.1. The molecule has 5 heteroatoms. The first kappa shape index (κ1) is 10.6. The van der Waals surface area contributed by atoms with E-state index in [1.165, 1.54) is 11.3 Å². The first-order chi connectivity index (χ1) is 7.33. The predicted molar refractivity (Wildman–Crippen MR) is 60.1 cm³/mol. The van der Waals surface area contributed by atoms with Crippen molar-refractivity contribution in [2.45, 2.75) is 19.4 Å². The number of carbonyl (C=O) groups excluding carboxylic acids is 1. The van der Waals surface area contributed by atoms with Gasteiger partial charge in [-0.15, -0.1) is 11.3 Å². The van der Waals surface area contributed by atoms with E-state index in [1.807, 2.05) is 11.8 Å². The van der Waals surface area contributed by atoms with Crippen molar-refractivity contribution in [1.29, 1.82) is 0 Å². The van der Waals surface area contributed by atoms with E-state index in [9.17, 15) is 4.79 Å². The Kier molecular flexibility index (Phi) is 3.33. The number of rotatable bonds is 3. The van der Waals surface area contributed by atoms with Crippen LogP contribution < -0.4 is 5.32 Å². The zero-order valence-corrected chi connectivity index (χ0v) is 9.59. The number of hydrogen-bond acceptors (Lipinski definition) is 4. The summed E-state index contributed by atoms with van der Waals surface area (Å²) in [7, 11) is 0. The highest BCUT2D eigenvalue weighted by Gasteiger charge is 2.26. The van der Waals surface area contributed by atoms with Gasteiger partial charge in [-0.05, 0) is 19.9 Å². The van der Waals surface area contributed by atoms with Gasteiger partial charge in [0, 0.05) is 19.1 Å². The number of amides is 1. The van der Waals surface area contributed by atoms with Crippen LogP contribution in [0.4, 0.5) is 0 Å². The summed E-state index contributed by atoms with van der Waals surface area (Å²) in [6.07, 6.45) is 2.70. The Morgan fingerprint density at radius 2 is 2.67 bits per heavy atom. The molecule has 0 aliphatic carbocycles. The van der Waals surface area contributed by atoms with Crippen LogP contribution in [0.15, 0.2) is 11.7 Å². The van der Waals surface area contributed by atoms with E-state index in [0.29, 0.717) is 6.04 Å². The Morgan fingerprint density at radius 3 is 3.20 bits per heavy atom. The van der Waals surface area contributed by atoms with Gasteiger partial charge in [0.2, 0.25) is 0 Å². The third-order valence-electron chi connectivity index (χ3n) is 2.72. The molecule has 82 valence electrons. The summed E-state index contributed by atoms with van der Waals surface area (Å²) in [5.41, 5.74) is 1.70. The Morgan fingerprint density at radius 1 is 1.80 bits per heavy atom. The average Bonchev–Trinajstić information content (AvgIpc) is 2.91. The van der Waals surface area contributed by atoms with Crippen LogP contribution in [-0.2, 0) is 0 Å². The number of nitrogens with one attached hydrogen (secondary N) is 1. The molecule has 0 bridgehead atoms. The molecule has 1 aliphatic heterocycles. The van der Waals surface area contributed by atoms with Gasteiger partial charge in [-0.25, -0.2) is 0 Å². The number of thiazole rings is 1. The maximum atomic E-state index is 12.1. The number of hydrogen-bond donors (Lipinski definition) is 1. The van der Waals surface area contributed by atoms with Gasteiger partial charge >= 0.3 is 0 Å². The van der Waals surface area contributed by atoms with E-state index in [4.69, 9.17) is 0 Å². The van der Waals surface area contributed by atoms with E-state index in [2.05, 4.69) is 10.3 Å². The fourth-order valence-electron chi connectivity index (χ4n) is 1.94. The molecule has 2 rings (SSSR count). The molecule has 1 unspecified atom stereocenters. The zero-order valence-electron chi connectivity index (χ0n) is 8.77. The smallest absolute Gasteiger partial charge is 0.265 e. The largest absolute Gasteiger partial charge is 0.334 e. The molecule has 1 aliphatic rings. The molecule has 0 radical (unpaired) electrons. The second-order valence-electron chi connectivity index (χ2n) is 3.60. The van der Waals surface area contributed by atoms with Gasteiger partial charge in [-0.2, -0.15) is 0 Å². The average molecular weight is 225 g/mol. The summed E-state index contributed by atoms with van der Waals surface area (Å²) in [4.78, 5) is 18.7. The molecular weight excluding hydrogens is 210 g/mol. The molecule has 4 nitrogen and oxygen atoms in total. The topological polar surface area (TPSA) is 45.2 Å². The predicted octanol–water partition coefficient (Wildman–Crippen LogP) is 0.967. The van der Waals surface area contributed by atoms with E-state index < -0.39 is 0 Å². The van der Waals surface area contributed by atoms with Crippen molar-refractivity contribution in [2.24, 2.45) is 0 Å². The van der Waals surface area contributed by atoms with Crippen molar-refractivity contribution < 1.29 is 4.79 Å². The fourth-order valence-corrected chi connectivity index (χ4v) is 2.51. The van der Waals surface area contributed by atoms with E-state index in [-0.39, 0.29) is 5.91 Å². The van der Waals surface area contributed by atoms with Crippen LogP contribution in [0.1, 0.15) is 23.0 Å². The van der Waals surface area contributed by atoms with Crippen LogP contribution in [0.5, 0.6) is 0 Å². The van der Waals surface area contributed by atoms with Gasteiger partial charge in [-0.1, -0.05) is 0 Å². The van der Waals surface area contributed by atoms with Crippen molar-refractivity contribution in [3.8, 4) is 0 Å².